The van der Waals surface area contributed by atoms with Crippen LogP contribution in [0.1, 0.15) is 80.6 Å². The number of nitrogens with two attached hydrogens (primary N) is 1. The molecule has 10 heteroatoms. The van der Waals surface area contributed by atoms with Crippen molar-refractivity contribution in [1.82, 2.24) is 15.0 Å². The monoisotopic (exact) mass is 625 g/mol. The molecule has 9 nitrogen and oxygen atoms in total. The fourth-order valence-corrected chi connectivity index (χ4v) is 6.58. The van der Waals surface area contributed by atoms with Crippen LogP contribution in [0.3, 0.4) is 0 Å². The van der Waals surface area contributed by atoms with E-state index in [1.54, 1.807) is 12.1 Å². The number of rotatable bonds is 10. The highest BCUT2D eigenvalue weighted by atomic mass is 32.1. The van der Waals surface area contributed by atoms with Crippen LogP contribution in [0.15, 0.2) is 72.8 Å². The number of phenolic OH excluding ortho intramolecular Hbond substituents is 1. The molecule has 1 saturated carbocycles. The highest BCUT2D eigenvalue weighted by molar-refractivity contribution is 7.09. The number of hydrogen-bond donors (Lipinski definition) is 4. The van der Waals surface area contributed by atoms with Crippen LogP contribution < -0.4 is 21.3 Å². The van der Waals surface area contributed by atoms with Crippen molar-refractivity contribution in [3.63, 3.8) is 0 Å². The maximum absolute atomic E-state index is 14.6. The Kier molecular flexibility index (Phi) is 10.1. The summed E-state index contributed by atoms with van der Waals surface area (Å²) in [5.74, 6) is -1.32. The molecular weight excluding hydrogens is 586 g/mol. The Balaban J connectivity index is 1.51. The average molecular weight is 626 g/mol. The SMILES string of the molecule is Cc1cc(C)cc(N(C(=O)c2snc(C(=O)NC3CCCCC3)c2N)C(C(=O)NCCc2ccccc2)c2ccc(O)cc2)c1. The van der Waals surface area contributed by atoms with Gasteiger partial charge in [-0.3, -0.25) is 19.3 Å². The minimum absolute atomic E-state index is 0.0124. The Labute approximate surface area is 267 Å². The van der Waals surface area contributed by atoms with Gasteiger partial charge in [-0.15, -0.1) is 0 Å². The zero-order valence-corrected chi connectivity index (χ0v) is 26.4. The van der Waals surface area contributed by atoms with Gasteiger partial charge < -0.3 is 21.5 Å². The quantitative estimate of drug-likeness (QED) is 0.174. The lowest BCUT2D eigenvalue weighted by Crippen LogP contribution is -2.44. The largest absolute Gasteiger partial charge is 0.508 e. The molecule has 3 amide bonds. The summed E-state index contributed by atoms with van der Waals surface area (Å²) in [6, 6.07) is 20.6. The third kappa shape index (κ3) is 7.69. The maximum atomic E-state index is 14.6. The standard InChI is InChI=1S/C35H39N5O4S/c1-22-19-23(2)21-27(20-22)40(35(44)32-29(36)30(39-45-32)33(42)38-26-11-7-4-8-12-26)31(25-13-15-28(41)16-14-25)34(43)37-18-17-24-9-5-3-6-10-24/h3,5-6,9-10,13-16,19-21,26,31,41H,4,7-8,11-12,17-18,36H2,1-2H3,(H,37,43)(H,38,42). The Morgan fingerprint density at radius 2 is 1.64 bits per heavy atom. The molecule has 0 spiro atoms. The molecule has 5 N–H and O–H groups in total. The molecule has 1 unspecified atom stereocenters. The van der Waals surface area contributed by atoms with Crippen LogP contribution in [-0.2, 0) is 11.2 Å². The van der Waals surface area contributed by atoms with Crippen LogP contribution in [-0.4, -0.2) is 39.8 Å². The van der Waals surface area contributed by atoms with E-state index in [4.69, 9.17) is 5.73 Å². The molecule has 1 heterocycles. The fraction of sp³-hybridized carbons (Fsp3) is 0.314. The molecule has 1 aliphatic carbocycles. The highest BCUT2D eigenvalue weighted by Crippen LogP contribution is 2.35. The molecule has 0 aliphatic heterocycles. The number of nitrogen functional groups attached to an aromatic ring is 1. The number of nitrogens with one attached hydrogen (secondary N) is 2. The van der Waals surface area contributed by atoms with Crippen LogP contribution >= 0.6 is 11.5 Å². The molecule has 5 rings (SSSR count). The topological polar surface area (TPSA) is 138 Å². The first-order valence-electron chi connectivity index (χ1n) is 15.3. The first-order chi connectivity index (χ1) is 21.7. The second-order valence-electron chi connectivity index (χ2n) is 11.6. The van der Waals surface area contributed by atoms with Crippen molar-refractivity contribution in [3.05, 3.63) is 106 Å². The van der Waals surface area contributed by atoms with E-state index in [2.05, 4.69) is 15.0 Å². The minimum Gasteiger partial charge on any atom is -0.508 e. The number of aromatic nitrogens is 1. The predicted octanol–water partition coefficient (Wildman–Crippen LogP) is 5.86. The third-order valence-corrected chi connectivity index (χ3v) is 8.90. The van der Waals surface area contributed by atoms with Crippen molar-refractivity contribution in [2.45, 2.75) is 64.5 Å². The van der Waals surface area contributed by atoms with E-state index >= 15 is 0 Å². The van der Waals surface area contributed by atoms with Crippen LogP contribution in [0.2, 0.25) is 0 Å². The van der Waals surface area contributed by atoms with Crippen LogP contribution in [0.25, 0.3) is 0 Å². The van der Waals surface area contributed by atoms with E-state index in [-0.39, 0.29) is 28.0 Å². The Hall–Kier alpha value is -4.70. The van der Waals surface area contributed by atoms with Crippen molar-refractivity contribution in [1.29, 1.82) is 0 Å². The van der Waals surface area contributed by atoms with Gasteiger partial charge in [0, 0.05) is 18.3 Å². The van der Waals surface area contributed by atoms with Crippen LogP contribution in [0.4, 0.5) is 11.4 Å². The first-order valence-corrected chi connectivity index (χ1v) is 16.1. The number of benzene rings is 3. The van der Waals surface area contributed by atoms with Gasteiger partial charge >= 0.3 is 0 Å². The molecule has 0 radical (unpaired) electrons. The lowest BCUT2D eigenvalue weighted by Gasteiger charge is -2.32. The number of amides is 3. The van der Waals surface area contributed by atoms with Crippen molar-refractivity contribution >= 4 is 40.6 Å². The fourth-order valence-electron chi connectivity index (χ4n) is 5.84. The number of hydrogen-bond acceptors (Lipinski definition) is 7. The molecule has 1 aliphatic rings. The summed E-state index contributed by atoms with van der Waals surface area (Å²) in [7, 11) is 0. The summed E-state index contributed by atoms with van der Waals surface area (Å²) in [4.78, 5) is 43.3. The van der Waals surface area contributed by atoms with E-state index in [1.807, 2.05) is 62.4 Å². The van der Waals surface area contributed by atoms with E-state index in [0.29, 0.717) is 24.2 Å². The second kappa shape index (κ2) is 14.4. The summed E-state index contributed by atoms with van der Waals surface area (Å²) < 4.78 is 4.31. The van der Waals surface area contributed by atoms with Gasteiger partial charge in [0.05, 0.1) is 5.69 Å². The normalized spacial score (nSPS) is 14.0. The number of nitrogens with zero attached hydrogens (tertiary/aromatic N) is 2. The van der Waals surface area contributed by atoms with Gasteiger partial charge in [0.15, 0.2) is 5.69 Å². The third-order valence-electron chi connectivity index (χ3n) is 8.05. The van der Waals surface area contributed by atoms with Crippen molar-refractivity contribution < 1.29 is 19.5 Å². The molecule has 45 heavy (non-hydrogen) atoms. The van der Waals surface area contributed by atoms with Gasteiger partial charge in [-0.25, -0.2) is 0 Å². The molecule has 0 saturated heterocycles. The predicted molar refractivity (Wildman–Crippen MR) is 178 cm³/mol. The molecule has 1 atom stereocenters. The summed E-state index contributed by atoms with van der Waals surface area (Å²) >= 11 is 0.849. The minimum atomic E-state index is -1.11. The lowest BCUT2D eigenvalue weighted by molar-refractivity contribution is -0.122. The molecule has 234 valence electrons. The average Bonchev–Trinajstić information content (AvgIpc) is 3.42. The molecular formula is C35H39N5O4S. The Morgan fingerprint density at radius 3 is 2.31 bits per heavy atom. The van der Waals surface area contributed by atoms with E-state index in [9.17, 15) is 19.5 Å². The summed E-state index contributed by atoms with van der Waals surface area (Å²) in [5, 5.41) is 16.1. The summed E-state index contributed by atoms with van der Waals surface area (Å²) in [6.07, 6.45) is 5.66. The highest BCUT2D eigenvalue weighted by Gasteiger charge is 2.36. The zero-order chi connectivity index (χ0) is 31.9. The van der Waals surface area contributed by atoms with Gasteiger partial charge in [-0.2, -0.15) is 4.37 Å². The summed E-state index contributed by atoms with van der Waals surface area (Å²) in [5.41, 5.74) is 10.3. The van der Waals surface area contributed by atoms with Gasteiger partial charge in [0.25, 0.3) is 11.8 Å². The van der Waals surface area contributed by atoms with Crippen molar-refractivity contribution in [3.8, 4) is 5.75 Å². The molecule has 0 bridgehead atoms. The van der Waals surface area contributed by atoms with Crippen molar-refractivity contribution in [2.75, 3.05) is 17.2 Å². The Bertz CT molecular complexity index is 1630. The number of aryl methyl sites for hydroxylation is 2. The smallest absolute Gasteiger partial charge is 0.273 e. The first kappa shape index (κ1) is 31.7. The lowest BCUT2D eigenvalue weighted by atomic mass is 9.95. The van der Waals surface area contributed by atoms with Crippen LogP contribution in [0.5, 0.6) is 5.75 Å². The van der Waals surface area contributed by atoms with Gasteiger partial charge in [0.1, 0.15) is 16.7 Å². The zero-order valence-electron chi connectivity index (χ0n) is 25.6. The van der Waals surface area contributed by atoms with E-state index < -0.39 is 23.8 Å². The molecule has 4 aromatic rings. The van der Waals surface area contributed by atoms with Crippen LogP contribution in [0, 0.1) is 13.8 Å². The second-order valence-corrected chi connectivity index (χ2v) is 12.4. The molecule has 1 aromatic heterocycles. The number of aromatic hydroxyl groups is 1. The van der Waals surface area contributed by atoms with E-state index in [1.165, 1.54) is 17.0 Å². The maximum Gasteiger partial charge on any atom is 0.273 e. The van der Waals surface area contributed by atoms with E-state index in [0.717, 1.165) is 60.3 Å². The molecule has 1 fully saturated rings. The van der Waals surface area contributed by atoms with Gasteiger partial charge in [0.2, 0.25) is 5.91 Å². The van der Waals surface area contributed by atoms with Crippen molar-refractivity contribution in [2.24, 2.45) is 0 Å². The number of carbonyl (C=O) groups is 3. The van der Waals surface area contributed by atoms with Gasteiger partial charge in [-0.05, 0) is 91.2 Å². The number of phenols is 1. The number of carbonyl (C=O) groups excluding carboxylic acids is 3. The molecule has 3 aromatic carbocycles. The van der Waals surface area contributed by atoms with Gasteiger partial charge in [-0.1, -0.05) is 67.8 Å². The number of anilines is 2. The summed E-state index contributed by atoms with van der Waals surface area (Å²) in [6.45, 7) is 4.19. The Morgan fingerprint density at radius 1 is 0.978 bits per heavy atom.